The van der Waals surface area contributed by atoms with Crippen LogP contribution in [-0.4, -0.2) is 38.4 Å². The second-order valence-electron chi connectivity index (χ2n) is 8.40. The van der Waals surface area contributed by atoms with Crippen LogP contribution in [0.4, 0.5) is 8.78 Å². The lowest BCUT2D eigenvalue weighted by molar-refractivity contribution is -0.00234. The van der Waals surface area contributed by atoms with Crippen LogP contribution in [0.1, 0.15) is 47.3 Å². The molecule has 0 spiro atoms. The standard InChI is InChI=1S/2C12H14FNO/c2*13-10-3-1-2-9-8(10)5-7-15-12(9)11-4-6-14-11/h2*1-3,11-12,14H,4-7H2/t11-,12+;11-,12-/m00/s1. The number of halogens is 2. The molecule has 6 heteroatoms. The molecule has 2 saturated heterocycles. The molecule has 2 aromatic rings. The van der Waals surface area contributed by atoms with E-state index in [0.717, 1.165) is 48.2 Å². The molecule has 0 saturated carbocycles. The Hall–Kier alpha value is -1.86. The van der Waals surface area contributed by atoms with E-state index >= 15 is 0 Å². The molecule has 160 valence electrons. The van der Waals surface area contributed by atoms with Crippen LogP contribution in [0.25, 0.3) is 0 Å². The molecule has 0 amide bonds. The van der Waals surface area contributed by atoms with Crippen LogP contribution in [0, 0.1) is 11.6 Å². The Morgan fingerprint density at radius 3 is 1.50 bits per heavy atom. The molecular weight excluding hydrogens is 386 g/mol. The fraction of sp³-hybridized carbons (Fsp3) is 0.500. The predicted octanol–water partition coefficient (Wildman–Crippen LogP) is 3.60. The molecule has 0 radical (unpaired) electrons. The SMILES string of the molecule is Fc1cccc2c1CCO[C@@H]2[C@@H]1CCN1.Fc1cccc2c1CCO[C@H]2[C@@H]1CCN1. The van der Waals surface area contributed by atoms with E-state index in [1.807, 2.05) is 12.1 Å². The van der Waals surface area contributed by atoms with Gasteiger partial charge in [-0.2, -0.15) is 0 Å². The summed E-state index contributed by atoms with van der Waals surface area (Å²) in [6, 6.07) is 11.4. The monoisotopic (exact) mass is 414 g/mol. The van der Waals surface area contributed by atoms with E-state index in [4.69, 9.17) is 9.47 Å². The Balaban J connectivity index is 0.000000128. The van der Waals surface area contributed by atoms with Gasteiger partial charge in [0.25, 0.3) is 0 Å². The number of hydrogen-bond donors (Lipinski definition) is 2. The minimum Gasteiger partial charge on any atom is -0.372 e. The molecule has 4 nitrogen and oxygen atoms in total. The van der Waals surface area contributed by atoms with Crippen LogP contribution in [-0.2, 0) is 22.3 Å². The Morgan fingerprint density at radius 2 is 1.13 bits per heavy atom. The van der Waals surface area contributed by atoms with Gasteiger partial charge in [0.05, 0.1) is 25.4 Å². The molecule has 6 rings (SSSR count). The molecule has 0 aliphatic carbocycles. The van der Waals surface area contributed by atoms with E-state index in [2.05, 4.69) is 10.6 Å². The summed E-state index contributed by atoms with van der Waals surface area (Å²) in [5, 5.41) is 6.66. The first-order valence-corrected chi connectivity index (χ1v) is 11.0. The first kappa shape index (κ1) is 20.1. The normalized spacial score (nSPS) is 29.4. The maximum atomic E-state index is 13.6. The highest BCUT2D eigenvalue weighted by molar-refractivity contribution is 5.34. The Labute approximate surface area is 176 Å². The number of rotatable bonds is 2. The van der Waals surface area contributed by atoms with E-state index in [0.29, 0.717) is 38.1 Å². The molecule has 2 aromatic carbocycles. The van der Waals surface area contributed by atoms with Crippen molar-refractivity contribution < 1.29 is 18.3 Å². The van der Waals surface area contributed by atoms with Crippen molar-refractivity contribution in [2.24, 2.45) is 0 Å². The van der Waals surface area contributed by atoms with Crippen molar-refractivity contribution in [3.63, 3.8) is 0 Å². The maximum Gasteiger partial charge on any atom is 0.126 e. The van der Waals surface area contributed by atoms with E-state index in [1.54, 1.807) is 12.1 Å². The molecule has 4 aliphatic rings. The number of nitrogens with one attached hydrogen (secondary N) is 2. The highest BCUT2D eigenvalue weighted by Crippen LogP contribution is 2.35. The first-order chi connectivity index (χ1) is 14.7. The lowest BCUT2D eigenvalue weighted by atomic mass is 9.89. The zero-order valence-electron chi connectivity index (χ0n) is 17.0. The first-order valence-electron chi connectivity index (χ1n) is 11.0. The van der Waals surface area contributed by atoms with Gasteiger partial charge in [0, 0.05) is 12.1 Å². The Bertz CT molecular complexity index is 825. The molecule has 30 heavy (non-hydrogen) atoms. The smallest absolute Gasteiger partial charge is 0.126 e. The number of benzene rings is 2. The lowest BCUT2D eigenvalue weighted by Gasteiger charge is -2.38. The molecule has 4 aliphatic heterocycles. The van der Waals surface area contributed by atoms with Gasteiger partial charge in [0.1, 0.15) is 11.6 Å². The maximum absolute atomic E-state index is 13.6. The topological polar surface area (TPSA) is 42.5 Å². The van der Waals surface area contributed by atoms with E-state index in [-0.39, 0.29) is 23.8 Å². The second-order valence-corrected chi connectivity index (χ2v) is 8.40. The van der Waals surface area contributed by atoms with Crippen LogP contribution in [0.5, 0.6) is 0 Å². The summed E-state index contributed by atoms with van der Waals surface area (Å²) in [5.41, 5.74) is 3.78. The van der Waals surface area contributed by atoms with Crippen LogP contribution < -0.4 is 10.6 Å². The van der Waals surface area contributed by atoms with Gasteiger partial charge in [-0.3, -0.25) is 0 Å². The zero-order valence-corrected chi connectivity index (χ0v) is 17.0. The van der Waals surface area contributed by atoms with Gasteiger partial charge in [-0.1, -0.05) is 24.3 Å². The van der Waals surface area contributed by atoms with Crippen molar-refractivity contribution in [2.45, 2.75) is 50.0 Å². The number of ether oxygens (including phenoxy) is 2. The highest BCUT2D eigenvalue weighted by atomic mass is 19.1. The fourth-order valence-corrected chi connectivity index (χ4v) is 4.77. The average Bonchev–Trinajstić information content (AvgIpc) is 2.68. The minimum absolute atomic E-state index is 0.0539. The predicted molar refractivity (Wildman–Crippen MR) is 110 cm³/mol. The van der Waals surface area contributed by atoms with Gasteiger partial charge < -0.3 is 20.1 Å². The summed E-state index contributed by atoms with van der Waals surface area (Å²) in [4.78, 5) is 0. The van der Waals surface area contributed by atoms with Gasteiger partial charge in [0.2, 0.25) is 0 Å². The summed E-state index contributed by atoms with van der Waals surface area (Å²) in [6.07, 6.45) is 3.76. The molecule has 0 aromatic heterocycles. The summed E-state index contributed by atoms with van der Waals surface area (Å²) in [6.45, 7) is 3.37. The third-order valence-corrected chi connectivity index (χ3v) is 6.68. The van der Waals surface area contributed by atoms with Gasteiger partial charge in [-0.25, -0.2) is 8.78 Å². The van der Waals surface area contributed by atoms with Gasteiger partial charge in [-0.15, -0.1) is 0 Å². The van der Waals surface area contributed by atoms with Crippen molar-refractivity contribution in [1.29, 1.82) is 0 Å². The zero-order chi connectivity index (χ0) is 20.5. The van der Waals surface area contributed by atoms with Crippen molar-refractivity contribution in [3.8, 4) is 0 Å². The molecule has 0 unspecified atom stereocenters. The van der Waals surface area contributed by atoms with Crippen molar-refractivity contribution in [2.75, 3.05) is 26.3 Å². The van der Waals surface area contributed by atoms with Crippen molar-refractivity contribution in [3.05, 3.63) is 70.3 Å². The highest BCUT2D eigenvalue weighted by Gasteiger charge is 2.34. The third kappa shape index (κ3) is 3.78. The van der Waals surface area contributed by atoms with E-state index in [9.17, 15) is 8.78 Å². The summed E-state index contributed by atoms with van der Waals surface area (Å²) in [5.74, 6) is -0.166. The molecule has 4 atom stereocenters. The van der Waals surface area contributed by atoms with Crippen LogP contribution in [0.3, 0.4) is 0 Å². The minimum atomic E-state index is -0.0832. The quantitative estimate of drug-likeness (QED) is 0.788. The molecule has 2 fully saturated rings. The molecule has 0 bridgehead atoms. The van der Waals surface area contributed by atoms with Crippen molar-refractivity contribution in [1.82, 2.24) is 10.6 Å². The molecular formula is C24H28F2N2O2. The van der Waals surface area contributed by atoms with Crippen LogP contribution in [0.2, 0.25) is 0 Å². The summed E-state index contributed by atoms with van der Waals surface area (Å²) >= 11 is 0. The van der Waals surface area contributed by atoms with Gasteiger partial charge >= 0.3 is 0 Å². The lowest BCUT2D eigenvalue weighted by Crippen LogP contribution is -2.48. The summed E-state index contributed by atoms with van der Waals surface area (Å²) < 4.78 is 38.6. The van der Waals surface area contributed by atoms with Gasteiger partial charge in [-0.05, 0) is 73.2 Å². The second kappa shape index (κ2) is 8.71. The fourth-order valence-electron chi connectivity index (χ4n) is 4.77. The van der Waals surface area contributed by atoms with Gasteiger partial charge in [0.15, 0.2) is 0 Å². The average molecular weight is 414 g/mol. The molecule has 4 heterocycles. The number of fused-ring (bicyclic) bond motifs is 2. The Kier molecular flexibility index (Phi) is 5.83. The van der Waals surface area contributed by atoms with E-state index < -0.39 is 0 Å². The third-order valence-electron chi connectivity index (χ3n) is 6.68. The van der Waals surface area contributed by atoms with Crippen LogP contribution >= 0.6 is 0 Å². The number of hydrogen-bond acceptors (Lipinski definition) is 4. The Morgan fingerprint density at radius 1 is 0.700 bits per heavy atom. The largest absolute Gasteiger partial charge is 0.372 e. The van der Waals surface area contributed by atoms with E-state index in [1.165, 1.54) is 12.1 Å². The van der Waals surface area contributed by atoms with Crippen molar-refractivity contribution >= 4 is 0 Å². The summed E-state index contributed by atoms with van der Waals surface area (Å²) in [7, 11) is 0. The molecule has 2 N–H and O–H groups in total. The van der Waals surface area contributed by atoms with Crippen LogP contribution in [0.15, 0.2) is 36.4 Å².